The average Bonchev–Trinajstić information content (AvgIpc) is 2.58. The van der Waals surface area contributed by atoms with Gasteiger partial charge in [0.1, 0.15) is 0 Å². The predicted octanol–water partition coefficient (Wildman–Crippen LogP) is 4.27. The van der Waals surface area contributed by atoms with Crippen molar-refractivity contribution in [3.8, 4) is 6.07 Å². The number of anilines is 1. The van der Waals surface area contributed by atoms with E-state index in [1.54, 1.807) is 6.07 Å². The van der Waals surface area contributed by atoms with E-state index in [1.165, 1.54) is 0 Å². The van der Waals surface area contributed by atoms with Gasteiger partial charge in [0.15, 0.2) is 0 Å². The molecule has 0 radical (unpaired) electrons. The monoisotopic (exact) mass is 355 g/mol. The second-order valence-electron chi connectivity index (χ2n) is 4.87. The van der Waals surface area contributed by atoms with Crippen molar-refractivity contribution in [3.63, 3.8) is 0 Å². The molecule has 2 aromatic carbocycles. The molecule has 0 heterocycles. The van der Waals surface area contributed by atoms with Gasteiger partial charge in [-0.3, -0.25) is 15.6 Å². The third-order valence-electron chi connectivity index (χ3n) is 3.19. The van der Waals surface area contributed by atoms with Gasteiger partial charge in [0, 0.05) is 11.1 Å². The number of halogens is 5. The van der Waals surface area contributed by atoms with Crippen LogP contribution in [0.1, 0.15) is 33.5 Å². The number of carbonyl (C=O) groups is 1. The summed E-state index contributed by atoms with van der Waals surface area (Å²) in [6.45, 7) is 0. The van der Waals surface area contributed by atoms with Crippen LogP contribution < -0.4 is 10.9 Å². The van der Waals surface area contributed by atoms with Gasteiger partial charge in [-0.1, -0.05) is 12.1 Å². The van der Waals surface area contributed by atoms with Crippen LogP contribution in [-0.2, 0) is 6.18 Å². The Morgan fingerprint density at radius 2 is 1.72 bits per heavy atom. The smallest absolute Gasteiger partial charge is 0.298 e. The molecule has 0 aliphatic carbocycles. The number of hydrogen-bond acceptors (Lipinski definition) is 3. The summed E-state index contributed by atoms with van der Waals surface area (Å²) in [7, 11) is 0. The van der Waals surface area contributed by atoms with Crippen molar-refractivity contribution in [1.82, 2.24) is 5.43 Å². The molecule has 25 heavy (non-hydrogen) atoms. The molecule has 0 aliphatic heterocycles. The molecular formula is C16H10F5N3O. The summed E-state index contributed by atoms with van der Waals surface area (Å²) in [6.07, 6.45) is -7.43. The Kier molecular flexibility index (Phi) is 5.22. The number of nitriles is 1. The quantitative estimate of drug-likeness (QED) is 0.636. The first-order valence-electron chi connectivity index (χ1n) is 6.78. The van der Waals surface area contributed by atoms with Crippen molar-refractivity contribution < 1.29 is 26.7 Å². The van der Waals surface area contributed by atoms with Gasteiger partial charge in [-0.15, -0.1) is 0 Å². The SMILES string of the molecule is N#Cc1ccc(NNC(=O)c2ccc(C(F)F)cc2)c(C(F)(F)F)c1. The Morgan fingerprint density at radius 3 is 2.24 bits per heavy atom. The zero-order valence-corrected chi connectivity index (χ0v) is 12.4. The molecule has 0 saturated carbocycles. The van der Waals surface area contributed by atoms with Gasteiger partial charge in [0.25, 0.3) is 12.3 Å². The van der Waals surface area contributed by atoms with Crippen LogP contribution in [0.15, 0.2) is 42.5 Å². The van der Waals surface area contributed by atoms with Crippen molar-refractivity contribution in [3.05, 3.63) is 64.7 Å². The standard InChI is InChI=1S/C16H10F5N3O/c17-14(18)10-2-4-11(5-3-10)15(25)24-23-13-6-1-9(8-22)7-12(13)16(19,20)21/h1-7,14,23H,(H,24,25). The van der Waals surface area contributed by atoms with E-state index in [0.717, 1.165) is 36.4 Å². The molecule has 0 saturated heterocycles. The van der Waals surface area contributed by atoms with Gasteiger partial charge in [-0.05, 0) is 30.3 Å². The topological polar surface area (TPSA) is 64.9 Å². The highest BCUT2D eigenvalue weighted by atomic mass is 19.4. The van der Waals surface area contributed by atoms with E-state index in [-0.39, 0.29) is 16.7 Å². The van der Waals surface area contributed by atoms with E-state index in [1.807, 2.05) is 0 Å². The maximum absolute atomic E-state index is 13.0. The van der Waals surface area contributed by atoms with E-state index < -0.39 is 29.8 Å². The summed E-state index contributed by atoms with van der Waals surface area (Å²) in [5.74, 6) is -0.807. The minimum absolute atomic E-state index is 0.0147. The number of rotatable bonds is 4. The van der Waals surface area contributed by atoms with Crippen molar-refractivity contribution >= 4 is 11.6 Å². The molecule has 0 atom stereocenters. The number of amides is 1. The van der Waals surface area contributed by atoms with Crippen molar-refractivity contribution in [2.24, 2.45) is 0 Å². The summed E-state index contributed by atoms with van der Waals surface area (Å²) in [4.78, 5) is 11.9. The Labute approximate surface area is 138 Å². The largest absolute Gasteiger partial charge is 0.418 e. The Bertz CT molecular complexity index is 810. The molecule has 2 N–H and O–H groups in total. The molecule has 130 valence electrons. The number of nitrogens with zero attached hydrogens (tertiary/aromatic N) is 1. The first kappa shape index (κ1) is 18.2. The molecule has 0 fully saturated rings. The van der Waals surface area contributed by atoms with Crippen molar-refractivity contribution in [1.29, 1.82) is 5.26 Å². The van der Waals surface area contributed by atoms with E-state index in [4.69, 9.17) is 5.26 Å². The molecule has 4 nitrogen and oxygen atoms in total. The fourth-order valence-corrected chi connectivity index (χ4v) is 1.93. The Morgan fingerprint density at radius 1 is 1.08 bits per heavy atom. The lowest BCUT2D eigenvalue weighted by atomic mass is 10.1. The molecule has 0 aromatic heterocycles. The summed E-state index contributed by atoms with van der Waals surface area (Å²) in [6, 6.07) is 8.74. The number of alkyl halides is 5. The second-order valence-corrected chi connectivity index (χ2v) is 4.87. The highest BCUT2D eigenvalue weighted by Gasteiger charge is 2.34. The molecule has 0 spiro atoms. The first-order valence-corrected chi connectivity index (χ1v) is 6.78. The van der Waals surface area contributed by atoms with Crippen LogP contribution in [-0.4, -0.2) is 5.91 Å². The number of hydrogen-bond donors (Lipinski definition) is 2. The molecule has 0 unspecified atom stereocenters. The number of carbonyl (C=O) groups excluding carboxylic acids is 1. The number of benzene rings is 2. The van der Waals surface area contributed by atoms with Crippen LogP contribution >= 0.6 is 0 Å². The molecular weight excluding hydrogens is 345 g/mol. The van der Waals surface area contributed by atoms with Gasteiger partial charge in [-0.25, -0.2) is 8.78 Å². The Hall–Kier alpha value is -3.15. The van der Waals surface area contributed by atoms with Gasteiger partial charge in [-0.2, -0.15) is 18.4 Å². The summed E-state index contributed by atoms with van der Waals surface area (Å²) in [5, 5.41) is 8.69. The van der Waals surface area contributed by atoms with Crippen LogP contribution in [0.4, 0.5) is 27.6 Å². The van der Waals surface area contributed by atoms with Crippen molar-refractivity contribution in [2.45, 2.75) is 12.6 Å². The van der Waals surface area contributed by atoms with E-state index in [2.05, 4.69) is 10.9 Å². The predicted molar refractivity (Wildman–Crippen MR) is 78.6 cm³/mol. The van der Waals surface area contributed by atoms with Gasteiger partial charge in [0.2, 0.25) is 0 Å². The minimum atomic E-state index is -4.74. The summed E-state index contributed by atoms with van der Waals surface area (Å²) < 4.78 is 63.9. The first-order chi connectivity index (χ1) is 11.7. The lowest BCUT2D eigenvalue weighted by Crippen LogP contribution is -2.30. The van der Waals surface area contributed by atoms with E-state index in [9.17, 15) is 26.7 Å². The molecule has 9 heteroatoms. The molecule has 0 bridgehead atoms. The normalized spacial score (nSPS) is 11.1. The number of nitrogens with one attached hydrogen (secondary N) is 2. The van der Waals surface area contributed by atoms with Crippen LogP contribution in [0.3, 0.4) is 0 Å². The molecule has 1 amide bonds. The van der Waals surface area contributed by atoms with Gasteiger partial charge >= 0.3 is 6.18 Å². The lowest BCUT2D eigenvalue weighted by Gasteiger charge is -2.15. The average molecular weight is 355 g/mol. The van der Waals surface area contributed by atoms with Crippen LogP contribution in [0.5, 0.6) is 0 Å². The number of hydrazine groups is 1. The van der Waals surface area contributed by atoms with Crippen molar-refractivity contribution in [2.75, 3.05) is 5.43 Å². The van der Waals surface area contributed by atoms with Gasteiger partial charge < -0.3 is 0 Å². The van der Waals surface area contributed by atoms with Gasteiger partial charge in [0.05, 0.1) is 22.9 Å². The van der Waals surface area contributed by atoms with E-state index >= 15 is 0 Å². The Balaban J connectivity index is 2.15. The molecule has 2 rings (SSSR count). The zero-order valence-electron chi connectivity index (χ0n) is 12.4. The van der Waals surface area contributed by atoms with Crippen LogP contribution in [0.25, 0.3) is 0 Å². The fraction of sp³-hybridized carbons (Fsp3) is 0.125. The highest BCUT2D eigenvalue weighted by Crippen LogP contribution is 2.35. The maximum atomic E-state index is 13.0. The second kappa shape index (κ2) is 7.17. The molecule has 2 aromatic rings. The van der Waals surface area contributed by atoms with Crippen LogP contribution in [0.2, 0.25) is 0 Å². The third kappa shape index (κ3) is 4.44. The highest BCUT2D eigenvalue weighted by molar-refractivity contribution is 5.95. The summed E-state index contributed by atoms with van der Waals surface area (Å²) >= 11 is 0. The van der Waals surface area contributed by atoms with E-state index in [0.29, 0.717) is 6.07 Å². The fourth-order valence-electron chi connectivity index (χ4n) is 1.93. The maximum Gasteiger partial charge on any atom is 0.418 e. The third-order valence-corrected chi connectivity index (χ3v) is 3.19. The zero-order chi connectivity index (χ0) is 18.6. The molecule has 0 aliphatic rings. The van der Waals surface area contributed by atoms with Crippen LogP contribution in [0, 0.1) is 11.3 Å². The lowest BCUT2D eigenvalue weighted by molar-refractivity contribution is -0.137. The summed E-state index contributed by atoms with van der Waals surface area (Å²) in [5.41, 5.74) is 2.12. The minimum Gasteiger partial charge on any atom is -0.298 e.